The van der Waals surface area contributed by atoms with Gasteiger partial charge in [-0.2, -0.15) is 0 Å². The number of likely N-dealkylation sites (tertiary alicyclic amines) is 1. The molecule has 0 aromatic heterocycles. The molecule has 6 aliphatic carbocycles. The Hall–Kier alpha value is -2.21. The van der Waals surface area contributed by atoms with Crippen LogP contribution < -0.4 is 5.32 Å². The molecule has 0 radical (unpaired) electrons. The fourth-order valence-corrected chi connectivity index (χ4v) is 14.0. The minimum atomic E-state index is -0.666. The highest BCUT2D eigenvalue weighted by Gasteiger charge is 2.70. The summed E-state index contributed by atoms with van der Waals surface area (Å²) in [6.45, 7) is 21.7. The van der Waals surface area contributed by atoms with Crippen molar-refractivity contribution in [3.8, 4) is 0 Å². The maximum absolute atomic E-state index is 14.5. The van der Waals surface area contributed by atoms with E-state index in [1.807, 2.05) is 0 Å². The zero-order valence-corrected chi connectivity index (χ0v) is 32.4. The summed E-state index contributed by atoms with van der Waals surface area (Å²) in [5.41, 5.74) is 5.09. The highest BCUT2D eigenvalue weighted by Crippen LogP contribution is 2.76. The van der Waals surface area contributed by atoms with E-state index in [-0.39, 0.29) is 51.3 Å². The SMILES string of the molecule is CC(C)C1=C2[C@H]3CC[C@@H]4[C@@]5(C)CC=C(C6=CCC(OC=O)CC6)C(C)(C)[C@@H]5CC[C@@]4(C)[C@]3(C)CC[C@@]2(C(=O)NCCN2CCCCC2)CC1=O. The molecule has 8 atom stereocenters. The summed E-state index contributed by atoms with van der Waals surface area (Å²) in [7, 11) is 0. The number of rotatable bonds is 8. The van der Waals surface area contributed by atoms with Crippen molar-refractivity contribution in [2.24, 2.45) is 50.7 Å². The van der Waals surface area contributed by atoms with Crippen molar-refractivity contribution in [2.75, 3.05) is 26.2 Å². The Kier molecular flexibility index (Phi) is 9.42. The van der Waals surface area contributed by atoms with Gasteiger partial charge in [0.1, 0.15) is 6.10 Å². The molecular formula is C44H66N2O4. The molecule has 50 heavy (non-hydrogen) atoms. The number of allylic oxidation sites excluding steroid dienone is 4. The Morgan fingerprint density at radius 3 is 2.40 bits per heavy atom. The number of ketones is 1. The van der Waals surface area contributed by atoms with Crippen molar-refractivity contribution in [3.05, 3.63) is 34.4 Å². The third-order valence-electron chi connectivity index (χ3n) is 16.6. The van der Waals surface area contributed by atoms with Gasteiger partial charge < -0.3 is 15.0 Å². The van der Waals surface area contributed by atoms with Gasteiger partial charge in [0.25, 0.3) is 6.47 Å². The summed E-state index contributed by atoms with van der Waals surface area (Å²) in [4.78, 5) is 41.9. The van der Waals surface area contributed by atoms with Gasteiger partial charge in [-0.05, 0) is 151 Å². The van der Waals surface area contributed by atoms with Gasteiger partial charge in [-0.15, -0.1) is 0 Å². The van der Waals surface area contributed by atoms with Gasteiger partial charge >= 0.3 is 0 Å². The molecule has 0 bridgehead atoms. The van der Waals surface area contributed by atoms with Crippen molar-refractivity contribution < 1.29 is 19.1 Å². The minimum absolute atomic E-state index is 0.0153. The molecule has 0 aromatic rings. The molecule has 0 aromatic carbocycles. The predicted octanol–water partition coefficient (Wildman–Crippen LogP) is 8.76. The van der Waals surface area contributed by atoms with E-state index in [2.05, 4.69) is 70.8 Å². The number of nitrogens with one attached hydrogen (secondary N) is 1. The van der Waals surface area contributed by atoms with Crippen LogP contribution in [0.5, 0.6) is 0 Å². The highest BCUT2D eigenvalue weighted by atomic mass is 16.5. The summed E-state index contributed by atoms with van der Waals surface area (Å²) in [5, 5.41) is 3.41. The van der Waals surface area contributed by atoms with Crippen LogP contribution in [-0.2, 0) is 19.1 Å². The highest BCUT2D eigenvalue weighted by molar-refractivity contribution is 6.07. The standard InChI is InChI=1S/C44H66N2O4/c1-29(2)37-34(48)27-44(39(49)45-23-26-46-24-9-8-10-25-46)22-21-42(6)33(38(37)44)15-16-36-41(5)19-17-32(30-11-13-31(14-12-30)50-28-47)40(3,4)35(41)18-20-43(36,42)7/h11,17,28-29,31,33,35-36H,8-10,12-16,18-27H2,1-7H3,(H,45,49)/t31?,33-,35+,36-,41+,42-,43-,44-/m1/s1. The average Bonchev–Trinajstić information content (AvgIpc) is 3.39. The Bertz CT molecular complexity index is 1480. The lowest BCUT2D eigenvalue weighted by Crippen LogP contribution is -2.64. The Morgan fingerprint density at radius 1 is 0.960 bits per heavy atom. The number of ether oxygens (including phenoxy) is 1. The van der Waals surface area contributed by atoms with E-state index < -0.39 is 5.41 Å². The zero-order chi connectivity index (χ0) is 35.7. The van der Waals surface area contributed by atoms with E-state index in [9.17, 15) is 14.4 Å². The maximum Gasteiger partial charge on any atom is 0.293 e. The van der Waals surface area contributed by atoms with Gasteiger partial charge in [0.15, 0.2) is 5.78 Å². The molecule has 6 nitrogen and oxygen atoms in total. The first-order valence-corrected chi connectivity index (χ1v) is 20.5. The Morgan fingerprint density at radius 2 is 1.72 bits per heavy atom. The average molecular weight is 687 g/mol. The number of amides is 1. The summed E-state index contributed by atoms with van der Waals surface area (Å²) in [6, 6.07) is 0. The second-order valence-electron chi connectivity index (χ2n) is 19.3. The van der Waals surface area contributed by atoms with Gasteiger partial charge in [-0.3, -0.25) is 14.4 Å². The molecule has 1 saturated heterocycles. The number of piperidine rings is 1. The first-order valence-electron chi connectivity index (χ1n) is 20.5. The van der Waals surface area contributed by atoms with Crippen molar-refractivity contribution in [3.63, 3.8) is 0 Å². The van der Waals surface area contributed by atoms with E-state index in [0.29, 0.717) is 31.3 Å². The van der Waals surface area contributed by atoms with Gasteiger partial charge in [0.05, 0.1) is 5.41 Å². The normalized spacial score (nSPS) is 41.3. The van der Waals surface area contributed by atoms with E-state index in [0.717, 1.165) is 70.2 Å². The van der Waals surface area contributed by atoms with Crippen LogP contribution in [-0.4, -0.2) is 55.3 Å². The molecule has 7 aliphatic rings. The topological polar surface area (TPSA) is 75.7 Å². The Labute approximate surface area is 302 Å². The first kappa shape index (κ1) is 36.2. The number of nitrogens with zero attached hydrogens (tertiary/aromatic N) is 1. The van der Waals surface area contributed by atoms with E-state index in [1.54, 1.807) is 0 Å². The van der Waals surface area contributed by atoms with Gasteiger partial charge in [0.2, 0.25) is 5.91 Å². The van der Waals surface area contributed by atoms with Crippen LogP contribution in [0.3, 0.4) is 0 Å². The second-order valence-corrected chi connectivity index (χ2v) is 19.3. The number of carbonyl (C=O) groups is 3. The largest absolute Gasteiger partial charge is 0.464 e. The number of hydrogen-bond donors (Lipinski definition) is 1. The third kappa shape index (κ3) is 5.37. The summed E-state index contributed by atoms with van der Waals surface area (Å²) in [5.74, 6) is 1.99. The van der Waals surface area contributed by atoms with Crippen molar-refractivity contribution in [1.29, 1.82) is 0 Å². The molecule has 276 valence electrons. The fourth-order valence-electron chi connectivity index (χ4n) is 14.0. The number of hydrogen-bond acceptors (Lipinski definition) is 5. The van der Waals surface area contributed by atoms with E-state index in [4.69, 9.17) is 4.74 Å². The number of fused-ring (bicyclic) bond motifs is 7. The summed E-state index contributed by atoms with van der Waals surface area (Å²) in [6.07, 6.45) is 19.5. The monoisotopic (exact) mass is 687 g/mol. The van der Waals surface area contributed by atoms with Crippen LogP contribution >= 0.6 is 0 Å². The number of carbonyl (C=O) groups excluding carboxylic acids is 3. The van der Waals surface area contributed by atoms with E-state index >= 15 is 0 Å². The van der Waals surface area contributed by atoms with Crippen LogP contribution in [0.25, 0.3) is 0 Å². The van der Waals surface area contributed by atoms with Crippen molar-refractivity contribution in [2.45, 2.75) is 144 Å². The Balaban J connectivity index is 1.17. The van der Waals surface area contributed by atoms with E-state index in [1.165, 1.54) is 55.2 Å². The van der Waals surface area contributed by atoms with Crippen molar-refractivity contribution >= 4 is 18.2 Å². The van der Waals surface area contributed by atoms with Crippen LogP contribution in [0, 0.1) is 50.7 Å². The molecule has 1 aliphatic heterocycles. The lowest BCUT2D eigenvalue weighted by atomic mass is 9.33. The quantitative estimate of drug-likeness (QED) is 0.259. The van der Waals surface area contributed by atoms with Gasteiger partial charge in [-0.25, -0.2) is 0 Å². The summed E-state index contributed by atoms with van der Waals surface area (Å²) < 4.78 is 5.32. The first-order chi connectivity index (χ1) is 23.7. The van der Waals surface area contributed by atoms with Crippen LogP contribution in [0.15, 0.2) is 34.4 Å². The van der Waals surface area contributed by atoms with Crippen LogP contribution in [0.4, 0.5) is 0 Å². The molecule has 1 unspecified atom stereocenters. The lowest BCUT2D eigenvalue weighted by molar-refractivity contribution is -0.199. The van der Waals surface area contributed by atoms with Gasteiger partial charge in [0, 0.05) is 25.9 Å². The maximum atomic E-state index is 14.5. The fraction of sp³-hybridized carbons (Fsp3) is 0.795. The predicted molar refractivity (Wildman–Crippen MR) is 199 cm³/mol. The van der Waals surface area contributed by atoms with Crippen LogP contribution in [0.2, 0.25) is 0 Å². The number of Topliss-reactive ketones (excluding diaryl/α,β-unsaturated/α-hetero) is 1. The molecule has 1 amide bonds. The molecule has 7 rings (SSSR count). The van der Waals surface area contributed by atoms with Crippen LogP contribution in [0.1, 0.15) is 138 Å². The molecule has 3 saturated carbocycles. The molecule has 0 spiro atoms. The lowest BCUT2D eigenvalue weighted by Gasteiger charge is -2.71. The molecule has 6 heteroatoms. The molecule has 1 heterocycles. The second kappa shape index (κ2) is 13.0. The van der Waals surface area contributed by atoms with Gasteiger partial charge in [-0.1, -0.05) is 67.0 Å². The van der Waals surface area contributed by atoms with Crippen molar-refractivity contribution in [1.82, 2.24) is 10.2 Å². The minimum Gasteiger partial charge on any atom is -0.464 e. The smallest absolute Gasteiger partial charge is 0.293 e. The molecular weight excluding hydrogens is 620 g/mol. The molecule has 4 fully saturated rings. The summed E-state index contributed by atoms with van der Waals surface area (Å²) >= 11 is 0. The zero-order valence-electron chi connectivity index (χ0n) is 32.4. The third-order valence-corrected chi connectivity index (χ3v) is 16.6. The molecule has 1 N–H and O–H groups in total.